The largest absolute Gasteiger partial charge is 0.460 e. The Morgan fingerprint density at radius 1 is 1.04 bits per heavy atom. The third-order valence-electron chi connectivity index (χ3n) is 3.47. The minimum atomic E-state index is -0.410. The molecule has 0 spiro atoms. The van der Waals surface area contributed by atoms with Gasteiger partial charge in [0.2, 0.25) is 5.91 Å². The molecule has 0 aromatic heterocycles. The lowest BCUT2D eigenvalue weighted by molar-refractivity contribution is -0.113. The van der Waals surface area contributed by atoms with Crippen LogP contribution in [0.4, 0.5) is 5.69 Å². The Hall–Kier alpha value is -2.31. The van der Waals surface area contributed by atoms with Gasteiger partial charge in [0.1, 0.15) is 6.61 Å². The van der Waals surface area contributed by atoms with Crippen molar-refractivity contribution in [1.29, 1.82) is 0 Å². The fourth-order valence-corrected chi connectivity index (χ4v) is 2.99. The molecule has 26 heavy (non-hydrogen) atoms. The lowest BCUT2D eigenvalue weighted by Crippen LogP contribution is -2.15. The molecular formula is C20H23NO4S. The predicted molar refractivity (Wildman–Crippen MR) is 104 cm³/mol. The first-order chi connectivity index (χ1) is 12.6. The van der Waals surface area contributed by atoms with Gasteiger partial charge in [0.15, 0.2) is 0 Å². The van der Waals surface area contributed by atoms with Crippen molar-refractivity contribution >= 4 is 29.3 Å². The van der Waals surface area contributed by atoms with E-state index in [1.54, 1.807) is 12.1 Å². The Morgan fingerprint density at radius 2 is 1.77 bits per heavy atom. The van der Waals surface area contributed by atoms with Crippen LogP contribution in [0.1, 0.15) is 22.8 Å². The molecule has 2 aromatic rings. The number of hydrogen-bond donors (Lipinski definition) is 1. The summed E-state index contributed by atoms with van der Waals surface area (Å²) in [6.45, 7) is 5.04. The lowest BCUT2D eigenvalue weighted by atomic mass is 10.2. The Morgan fingerprint density at radius 3 is 2.50 bits per heavy atom. The number of anilines is 1. The molecule has 2 aromatic carbocycles. The Kier molecular flexibility index (Phi) is 8.18. The van der Waals surface area contributed by atoms with Gasteiger partial charge in [0.05, 0.1) is 17.9 Å². The van der Waals surface area contributed by atoms with E-state index in [0.717, 1.165) is 11.3 Å². The first-order valence-corrected chi connectivity index (χ1v) is 9.42. The topological polar surface area (TPSA) is 64.6 Å². The SMILES string of the molecule is CCOCCOC(=O)c1ccccc1SCC(=O)Nc1ccc(C)cc1. The quantitative estimate of drug-likeness (QED) is 0.410. The van der Waals surface area contributed by atoms with E-state index in [0.29, 0.717) is 23.7 Å². The number of thioether (sulfide) groups is 1. The van der Waals surface area contributed by atoms with Gasteiger partial charge >= 0.3 is 5.97 Å². The molecule has 1 N–H and O–H groups in total. The Balaban J connectivity index is 1.89. The molecular weight excluding hydrogens is 350 g/mol. The minimum Gasteiger partial charge on any atom is -0.460 e. The smallest absolute Gasteiger partial charge is 0.339 e. The van der Waals surface area contributed by atoms with Gasteiger partial charge in [-0.25, -0.2) is 4.79 Å². The molecule has 0 fully saturated rings. The molecule has 0 radical (unpaired) electrons. The first-order valence-electron chi connectivity index (χ1n) is 8.43. The standard InChI is InChI=1S/C20H23NO4S/c1-3-24-12-13-25-20(23)17-6-4-5-7-18(17)26-14-19(22)21-16-10-8-15(2)9-11-16/h4-11H,3,12-14H2,1-2H3,(H,21,22). The summed E-state index contributed by atoms with van der Waals surface area (Å²) in [6, 6.07) is 14.7. The summed E-state index contributed by atoms with van der Waals surface area (Å²) >= 11 is 1.31. The highest BCUT2D eigenvalue weighted by Crippen LogP contribution is 2.23. The van der Waals surface area contributed by atoms with Crippen molar-refractivity contribution in [1.82, 2.24) is 0 Å². The average Bonchev–Trinajstić information content (AvgIpc) is 2.65. The highest BCUT2D eigenvalue weighted by molar-refractivity contribution is 8.00. The monoisotopic (exact) mass is 373 g/mol. The summed E-state index contributed by atoms with van der Waals surface area (Å²) in [7, 11) is 0. The van der Waals surface area contributed by atoms with Crippen LogP contribution in [0.15, 0.2) is 53.4 Å². The van der Waals surface area contributed by atoms with E-state index in [1.807, 2.05) is 50.2 Å². The molecule has 0 saturated heterocycles. The average molecular weight is 373 g/mol. The number of ether oxygens (including phenoxy) is 2. The molecule has 5 nitrogen and oxygen atoms in total. The lowest BCUT2D eigenvalue weighted by Gasteiger charge is -2.10. The van der Waals surface area contributed by atoms with E-state index >= 15 is 0 Å². The number of nitrogens with one attached hydrogen (secondary N) is 1. The van der Waals surface area contributed by atoms with Crippen LogP contribution in [-0.2, 0) is 14.3 Å². The van der Waals surface area contributed by atoms with Gasteiger partial charge in [-0.15, -0.1) is 11.8 Å². The second kappa shape index (κ2) is 10.6. The zero-order valence-electron chi connectivity index (χ0n) is 15.0. The molecule has 1 amide bonds. The molecule has 0 heterocycles. The second-order valence-corrected chi connectivity index (χ2v) is 6.55. The highest BCUT2D eigenvalue weighted by atomic mass is 32.2. The van der Waals surface area contributed by atoms with E-state index < -0.39 is 5.97 Å². The summed E-state index contributed by atoms with van der Waals surface area (Å²) in [5.74, 6) is -0.331. The van der Waals surface area contributed by atoms with Crippen molar-refractivity contribution in [2.45, 2.75) is 18.7 Å². The fraction of sp³-hybridized carbons (Fsp3) is 0.300. The van der Waals surface area contributed by atoms with Crippen LogP contribution in [-0.4, -0.2) is 37.4 Å². The van der Waals surface area contributed by atoms with E-state index in [9.17, 15) is 9.59 Å². The van der Waals surface area contributed by atoms with Crippen LogP contribution >= 0.6 is 11.8 Å². The third kappa shape index (κ3) is 6.54. The number of carbonyl (C=O) groups excluding carboxylic acids is 2. The number of rotatable bonds is 9. The van der Waals surface area contributed by atoms with Gasteiger partial charge < -0.3 is 14.8 Å². The minimum absolute atomic E-state index is 0.127. The van der Waals surface area contributed by atoms with Crippen LogP contribution in [0.3, 0.4) is 0 Å². The number of aryl methyl sites for hydroxylation is 1. The maximum absolute atomic E-state index is 12.2. The van der Waals surface area contributed by atoms with E-state index in [1.165, 1.54) is 11.8 Å². The van der Waals surface area contributed by atoms with Crippen LogP contribution < -0.4 is 5.32 Å². The molecule has 0 aliphatic carbocycles. The molecule has 0 aliphatic rings. The van der Waals surface area contributed by atoms with Crippen molar-refractivity contribution < 1.29 is 19.1 Å². The summed E-state index contributed by atoms with van der Waals surface area (Å²) in [5, 5.41) is 2.84. The first kappa shape index (κ1) is 20.0. The molecule has 2 rings (SSSR count). The zero-order chi connectivity index (χ0) is 18.8. The van der Waals surface area contributed by atoms with Crippen LogP contribution in [0.5, 0.6) is 0 Å². The number of amides is 1. The summed E-state index contributed by atoms with van der Waals surface area (Å²) in [4.78, 5) is 25.1. The number of esters is 1. The van der Waals surface area contributed by atoms with E-state index in [-0.39, 0.29) is 18.3 Å². The normalized spacial score (nSPS) is 10.4. The van der Waals surface area contributed by atoms with Crippen molar-refractivity contribution in [2.24, 2.45) is 0 Å². The maximum atomic E-state index is 12.2. The van der Waals surface area contributed by atoms with Gasteiger partial charge in [-0.3, -0.25) is 4.79 Å². The number of carbonyl (C=O) groups is 2. The molecule has 0 saturated carbocycles. The third-order valence-corrected chi connectivity index (χ3v) is 4.54. The predicted octanol–water partition coefficient (Wildman–Crippen LogP) is 3.92. The van der Waals surface area contributed by atoms with Crippen molar-refractivity contribution in [2.75, 3.05) is 30.9 Å². The molecule has 138 valence electrons. The van der Waals surface area contributed by atoms with Gasteiger partial charge in [0, 0.05) is 17.2 Å². The maximum Gasteiger partial charge on any atom is 0.339 e. The van der Waals surface area contributed by atoms with Gasteiger partial charge in [-0.2, -0.15) is 0 Å². The zero-order valence-corrected chi connectivity index (χ0v) is 15.8. The van der Waals surface area contributed by atoms with Gasteiger partial charge in [-0.1, -0.05) is 29.8 Å². The number of hydrogen-bond acceptors (Lipinski definition) is 5. The summed E-state index contributed by atoms with van der Waals surface area (Å²) in [6.07, 6.45) is 0. The highest BCUT2D eigenvalue weighted by Gasteiger charge is 2.14. The molecule has 0 bridgehead atoms. The molecule has 0 aliphatic heterocycles. The van der Waals surface area contributed by atoms with E-state index in [4.69, 9.17) is 9.47 Å². The summed E-state index contributed by atoms with van der Waals surface area (Å²) in [5.41, 5.74) is 2.34. The number of benzene rings is 2. The van der Waals surface area contributed by atoms with E-state index in [2.05, 4.69) is 5.32 Å². The van der Waals surface area contributed by atoms with Crippen LogP contribution in [0.25, 0.3) is 0 Å². The fourth-order valence-electron chi connectivity index (χ4n) is 2.15. The summed E-state index contributed by atoms with van der Waals surface area (Å²) < 4.78 is 10.4. The second-order valence-electron chi connectivity index (χ2n) is 5.53. The van der Waals surface area contributed by atoms with Gasteiger partial charge in [0.25, 0.3) is 0 Å². The molecule has 0 atom stereocenters. The van der Waals surface area contributed by atoms with Crippen molar-refractivity contribution in [3.8, 4) is 0 Å². The van der Waals surface area contributed by atoms with Crippen LogP contribution in [0.2, 0.25) is 0 Å². The van der Waals surface area contributed by atoms with Crippen LogP contribution in [0, 0.1) is 6.92 Å². The van der Waals surface area contributed by atoms with Crippen molar-refractivity contribution in [3.05, 3.63) is 59.7 Å². The Bertz CT molecular complexity index is 731. The van der Waals surface area contributed by atoms with Gasteiger partial charge in [-0.05, 0) is 38.1 Å². The Labute approximate surface area is 158 Å². The molecule has 0 unspecified atom stereocenters. The van der Waals surface area contributed by atoms with Crippen molar-refractivity contribution in [3.63, 3.8) is 0 Å². The molecule has 6 heteroatoms.